The number of phenols is 1. The van der Waals surface area contributed by atoms with Crippen LogP contribution in [0.2, 0.25) is 0 Å². The lowest BCUT2D eigenvalue weighted by atomic mass is 10.2. The van der Waals surface area contributed by atoms with Crippen molar-refractivity contribution in [2.75, 3.05) is 13.2 Å². The van der Waals surface area contributed by atoms with Crippen molar-refractivity contribution in [1.29, 1.82) is 0 Å². The molecule has 2 atom stereocenters. The third kappa shape index (κ3) is 4.51. The second-order valence-corrected chi connectivity index (χ2v) is 5.00. The lowest BCUT2D eigenvalue weighted by Crippen LogP contribution is -2.35. The first kappa shape index (κ1) is 14.8. The molecule has 5 heteroatoms. The summed E-state index contributed by atoms with van der Waals surface area (Å²) >= 11 is 0. The van der Waals surface area contributed by atoms with Gasteiger partial charge in [-0.15, -0.1) is 0 Å². The van der Waals surface area contributed by atoms with Crippen molar-refractivity contribution in [3.05, 3.63) is 29.8 Å². The van der Waals surface area contributed by atoms with Crippen LogP contribution in [0, 0.1) is 0 Å². The van der Waals surface area contributed by atoms with E-state index in [4.69, 9.17) is 9.47 Å². The Labute approximate surface area is 118 Å². The number of rotatable bonds is 6. The number of carbonyl (C=O) groups excluding carboxylic acids is 1. The molecule has 1 saturated heterocycles. The van der Waals surface area contributed by atoms with E-state index in [0.717, 1.165) is 25.0 Å². The number of aromatic hydroxyl groups is 1. The highest BCUT2D eigenvalue weighted by atomic mass is 16.5. The van der Waals surface area contributed by atoms with Gasteiger partial charge in [0.05, 0.1) is 12.7 Å². The zero-order chi connectivity index (χ0) is 14.4. The highest BCUT2D eigenvalue weighted by molar-refractivity contribution is 5.80. The molecular formula is C15H21NO4. The predicted molar refractivity (Wildman–Crippen MR) is 74.3 cm³/mol. The number of phenolic OH excluding ortho intramolecular Hbond substituents is 1. The van der Waals surface area contributed by atoms with Gasteiger partial charge in [0.1, 0.15) is 11.9 Å². The minimum atomic E-state index is -0.503. The van der Waals surface area contributed by atoms with Gasteiger partial charge in [-0.3, -0.25) is 4.79 Å². The summed E-state index contributed by atoms with van der Waals surface area (Å²) in [4.78, 5) is 11.9. The van der Waals surface area contributed by atoms with E-state index in [-0.39, 0.29) is 17.8 Å². The molecule has 0 aromatic heterocycles. The fourth-order valence-corrected chi connectivity index (χ4v) is 2.10. The van der Waals surface area contributed by atoms with Crippen LogP contribution in [0.25, 0.3) is 0 Å². The van der Waals surface area contributed by atoms with Crippen molar-refractivity contribution in [1.82, 2.24) is 5.32 Å². The van der Waals surface area contributed by atoms with Gasteiger partial charge in [0.25, 0.3) is 0 Å². The highest BCUT2D eigenvalue weighted by Crippen LogP contribution is 2.13. The third-order valence-electron chi connectivity index (χ3n) is 3.30. The molecular weight excluding hydrogens is 258 g/mol. The zero-order valence-corrected chi connectivity index (χ0v) is 11.7. The molecule has 0 aliphatic carbocycles. The van der Waals surface area contributed by atoms with E-state index in [1.165, 1.54) is 0 Å². The number of nitrogens with one attached hydrogen (secondary N) is 1. The van der Waals surface area contributed by atoms with Crippen LogP contribution in [-0.4, -0.2) is 36.4 Å². The summed E-state index contributed by atoms with van der Waals surface area (Å²) in [7, 11) is 0. The maximum absolute atomic E-state index is 11.9. The van der Waals surface area contributed by atoms with Gasteiger partial charge in [0.2, 0.25) is 5.91 Å². The Bertz CT molecular complexity index is 443. The SMILES string of the molecule is CC(OCC1CCCO1)C(=O)NCc1cccc(O)c1. The van der Waals surface area contributed by atoms with Crippen LogP contribution in [0.3, 0.4) is 0 Å². The van der Waals surface area contributed by atoms with Crippen LogP contribution in [0.4, 0.5) is 0 Å². The molecule has 5 nitrogen and oxygen atoms in total. The Morgan fingerprint density at radius 3 is 3.15 bits per heavy atom. The standard InChI is InChI=1S/C15H21NO4/c1-11(20-10-14-6-3-7-19-14)15(18)16-9-12-4-2-5-13(17)8-12/h2,4-5,8,11,14,17H,3,6-7,9-10H2,1H3,(H,16,18). The Morgan fingerprint density at radius 2 is 2.45 bits per heavy atom. The summed E-state index contributed by atoms with van der Waals surface area (Å²) < 4.78 is 11.0. The minimum absolute atomic E-state index is 0.122. The largest absolute Gasteiger partial charge is 0.508 e. The average Bonchev–Trinajstić information content (AvgIpc) is 2.95. The van der Waals surface area contributed by atoms with E-state index >= 15 is 0 Å². The van der Waals surface area contributed by atoms with Crippen LogP contribution in [0.5, 0.6) is 5.75 Å². The van der Waals surface area contributed by atoms with Crippen LogP contribution in [0.1, 0.15) is 25.3 Å². The maximum Gasteiger partial charge on any atom is 0.249 e. The summed E-state index contributed by atoms with van der Waals surface area (Å²) in [5, 5.41) is 12.1. The lowest BCUT2D eigenvalue weighted by molar-refractivity contribution is -0.133. The molecule has 2 rings (SSSR count). The molecule has 1 aliphatic rings. The first-order chi connectivity index (χ1) is 9.65. The van der Waals surface area contributed by atoms with Gasteiger partial charge in [-0.2, -0.15) is 0 Å². The van der Waals surface area contributed by atoms with Crippen molar-refractivity contribution in [3.8, 4) is 5.75 Å². The van der Waals surface area contributed by atoms with E-state index in [1.807, 2.05) is 6.07 Å². The van der Waals surface area contributed by atoms with E-state index in [2.05, 4.69) is 5.32 Å². The molecule has 1 aliphatic heterocycles. The summed E-state index contributed by atoms with van der Waals surface area (Å²) in [5.41, 5.74) is 0.852. The first-order valence-corrected chi connectivity index (χ1v) is 6.94. The highest BCUT2D eigenvalue weighted by Gasteiger charge is 2.19. The summed E-state index contributed by atoms with van der Waals surface area (Å²) in [5.74, 6) is 0.0331. The smallest absolute Gasteiger partial charge is 0.249 e. The molecule has 0 saturated carbocycles. The number of hydrogen-bond donors (Lipinski definition) is 2. The molecule has 2 unspecified atom stereocenters. The molecule has 110 valence electrons. The van der Waals surface area contributed by atoms with Gasteiger partial charge in [0.15, 0.2) is 0 Å². The molecule has 0 bridgehead atoms. The number of amides is 1. The number of benzene rings is 1. The van der Waals surface area contributed by atoms with Crippen LogP contribution >= 0.6 is 0 Å². The van der Waals surface area contributed by atoms with E-state index < -0.39 is 6.10 Å². The third-order valence-corrected chi connectivity index (χ3v) is 3.30. The molecule has 1 aromatic carbocycles. The Kier molecular flexibility index (Phi) is 5.38. The number of hydrogen-bond acceptors (Lipinski definition) is 4. The van der Waals surface area contributed by atoms with Crippen LogP contribution in [-0.2, 0) is 20.8 Å². The quantitative estimate of drug-likeness (QED) is 0.830. The predicted octanol–water partition coefficient (Wildman–Crippen LogP) is 1.59. The fourth-order valence-electron chi connectivity index (χ4n) is 2.10. The Hall–Kier alpha value is -1.59. The van der Waals surface area contributed by atoms with Crippen molar-refractivity contribution in [3.63, 3.8) is 0 Å². The summed E-state index contributed by atoms with van der Waals surface area (Å²) in [6.45, 7) is 3.35. The molecule has 2 N–H and O–H groups in total. The summed E-state index contributed by atoms with van der Waals surface area (Å²) in [6, 6.07) is 6.81. The second-order valence-electron chi connectivity index (χ2n) is 5.00. The van der Waals surface area contributed by atoms with E-state index in [0.29, 0.717) is 13.2 Å². The molecule has 0 radical (unpaired) electrons. The minimum Gasteiger partial charge on any atom is -0.508 e. The van der Waals surface area contributed by atoms with Crippen molar-refractivity contribution >= 4 is 5.91 Å². The van der Waals surface area contributed by atoms with Crippen molar-refractivity contribution in [2.24, 2.45) is 0 Å². The molecule has 0 spiro atoms. The normalized spacial score (nSPS) is 19.8. The average molecular weight is 279 g/mol. The van der Waals surface area contributed by atoms with E-state index in [1.54, 1.807) is 25.1 Å². The van der Waals surface area contributed by atoms with Crippen molar-refractivity contribution in [2.45, 2.75) is 38.5 Å². The molecule has 1 amide bonds. The monoisotopic (exact) mass is 279 g/mol. The lowest BCUT2D eigenvalue weighted by Gasteiger charge is -2.16. The second kappa shape index (κ2) is 7.26. The summed E-state index contributed by atoms with van der Waals surface area (Å²) in [6.07, 6.45) is 1.68. The van der Waals surface area contributed by atoms with Gasteiger partial charge in [-0.1, -0.05) is 12.1 Å². The molecule has 1 heterocycles. The number of ether oxygens (including phenoxy) is 2. The van der Waals surface area contributed by atoms with Crippen LogP contribution in [0.15, 0.2) is 24.3 Å². The zero-order valence-electron chi connectivity index (χ0n) is 11.7. The Balaban J connectivity index is 1.70. The van der Waals surface area contributed by atoms with Gasteiger partial charge >= 0.3 is 0 Å². The topological polar surface area (TPSA) is 67.8 Å². The molecule has 20 heavy (non-hydrogen) atoms. The van der Waals surface area contributed by atoms with E-state index in [9.17, 15) is 9.90 Å². The van der Waals surface area contributed by atoms with Gasteiger partial charge in [-0.05, 0) is 37.5 Å². The van der Waals surface area contributed by atoms with Crippen molar-refractivity contribution < 1.29 is 19.4 Å². The molecule has 1 aromatic rings. The van der Waals surface area contributed by atoms with Crippen LogP contribution < -0.4 is 5.32 Å². The first-order valence-electron chi connectivity index (χ1n) is 6.94. The number of carbonyl (C=O) groups is 1. The van der Waals surface area contributed by atoms with Gasteiger partial charge in [0, 0.05) is 13.2 Å². The fraction of sp³-hybridized carbons (Fsp3) is 0.533. The Morgan fingerprint density at radius 1 is 1.60 bits per heavy atom. The maximum atomic E-state index is 11.9. The van der Waals surface area contributed by atoms with Gasteiger partial charge in [-0.25, -0.2) is 0 Å². The van der Waals surface area contributed by atoms with Gasteiger partial charge < -0.3 is 19.9 Å². The molecule has 1 fully saturated rings.